The van der Waals surface area contributed by atoms with E-state index < -0.39 is 18.0 Å². The summed E-state index contributed by atoms with van der Waals surface area (Å²) in [5.74, 6) is -2.31. The van der Waals surface area contributed by atoms with Crippen LogP contribution in [0.5, 0.6) is 0 Å². The first-order chi connectivity index (χ1) is 11.4. The number of rotatable bonds is 4. The number of carbonyl (C=O) groups is 2. The minimum Gasteiger partial charge on any atom is -0.543 e. The van der Waals surface area contributed by atoms with Crippen LogP contribution in [0.1, 0.15) is 13.8 Å². The van der Waals surface area contributed by atoms with Crippen LogP contribution in [0.4, 0.5) is 0 Å². The van der Waals surface area contributed by atoms with E-state index in [0.29, 0.717) is 4.91 Å². The minimum atomic E-state index is -1.32. The number of aliphatic hydroxyl groups is 1. The molecule has 128 valence electrons. The molecule has 4 atom stereocenters. The maximum absolute atomic E-state index is 12.3. The average Bonchev–Trinajstić information content (AvgIpc) is 3.12. The Balaban J connectivity index is 1.61. The molecule has 1 aromatic rings. The van der Waals surface area contributed by atoms with E-state index in [0.717, 1.165) is 13.1 Å². The molecule has 0 bridgehead atoms. The molecule has 1 aromatic heterocycles. The normalized spacial score (nSPS) is 32.6. The number of amides is 1. The Labute approximate surface area is 142 Å². The molecule has 1 unspecified atom stereocenters. The van der Waals surface area contributed by atoms with Crippen molar-refractivity contribution < 1.29 is 24.5 Å². The second kappa shape index (κ2) is 5.32. The van der Waals surface area contributed by atoms with Gasteiger partial charge < -0.3 is 19.9 Å². The first kappa shape index (κ1) is 15.6. The van der Waals surface area contributed by atoms with Gasteiger partial charge in [0.05, 0.1) is 41.5 Å². The highest BCUT2D eigenvalue weighted by Gasteiger charge is 2.59. The second-order valence-corrected chi connectivity index (χ2v) is 7.96. The molecule has 9 heteroatoms. The first-order valence-corrected chi connectivity index (χ1v) is 8.81. The summed E-state index contributed by atoms with van der Waals surface area (Å²) in [4.78, 5) is 30.0. The second-order valence-electron chi connectivity index (χ2n) is 6.62. The van der Waals surface area contributed by atoms with E-state index >= 15 is 0 Å². The molecule has 0 aliphatic carbocycles. The summed E-state index contributed by atoms with van der Waals surface area (Å²) in [5.41, 5.74) is -0.0147. The van der Waals surface area contributed by atoms with Crippen LogP contribution in [0.2, 0.25) is 0 Å². The molecule has 1 N–H and O–H groups in total. The SMILES string of the molecule is CC1C(SC2Cn3cnc[n+]3C2)=C(C(=O)[O-])N2C(=O)[C@H]([C@@H](C)O)[C@@H]12. The molecule has 1 fully saturated rings. The number of carbonyl (C=O) groups excluding carboxylic acids is 2. The molecule has 24 heavy (non-hydrogen) atoms. The molecule has 3 aliphatic rings. The van der Waals surface area contributed by atoms with Gasteiger partial charge in [0.15, 0.2) is 0 Å². The Morgan fingerprint density at radius 3 is 2.96 bits per heavy atom. The maximum atomic E-state index is 12.3. The number of hydrogen-bond acceptors (Lipinski definition) is 6. The molecule has 0 spiro atoms. The Morgan fingerprint density at radius 1 is 1.58 bits per heavy atom. The van der Waals surface area contributed by atoms with Crippen LogP contribution in [-0.2, 0) is 22.7 Å². The van der Waals surface area contributed by atoms with Gasteiger partial charge in [-0.25, -0.2) is 0 Å². The van der Waals surface area contributed by atoms with Crippen LogP contribution >= 0.6 is 11.8 Å². The lowest BCUT2D eigenvalue weighted by Crippen LogP contribution is -2.64. The van der Waals surface area contributed by atoms with E-state index in [9.17, 15) is 19.8 Å². The summed E-state index contributed by atoms with van der Waals surface area (Å²) in [6, 6.07) is -0.289. The van der Waals surface area contributed by atoms with Crippen LogP contribution in [0.3, 0.4) is 0 Å². The first-order valence-electron chi connectivity index (χ1n) is 7.93. The zero-order chi connectivity index (χ0) is 17.2. The third-order valence-corrected chi connectivity index (χ3v) is 6.56. The van der Waals surface area contributed by atoms with Gasteiger partial charge in [-0.05, 0) is 11.9 Å². The van der Waals surface area contributed by atoms with Crippen LogP contribution in [0.25, 0.3) is 0 Å². The highest BCUT2D eigenvalue weighted by molar-refractivity contribution is 8.03. The quantitative estimate of drug-likeness (QED) is 0.503. The minimum absolute atomic E-state index is 0.0147. The van der Waals surface area contributed by atoms with Crippen molar-refractivity contribution in [2.24, 2.45) is 11.8 Å². The Bertz CT molecular complexity index is 738. The van der Waals surface area contributed by atoms with Gasteiger partial charge in [-0.3, -0.25) is 4.79 Å². The number of aliphatic hydroxyl groups excluding tert-OH is 1. The van der Waals surface area contributed by atoms with Gasteiger partial charge in [0.25, 0.3) is 0 Å². The van der Waals surface area contributed by atoms with Gasteiger partial charge in [0.2, 0.25) is 12.2 Å². The Kier molecular flexibility index (Phi) is 3.47. The Hall–Kier alpha value is -1.87. The van der Waals surface area contributed by atoms with E-state index in [4.69, 9.17) is 0 Å². The number of hydrogen-bond donors (Lipinski definition) is 1. The van der Waals surface area contributed by atoms with Crippen molar-refractivity contribution in [3.8, 4) is 0 Å². The van der Waals surface area contributed by atoms with Gasteiger partial charge in [0.1, 0.15) is 6.54 Å². The van der Waals surface area contributed by atoms with Crippen molar-refractivity contribution in [3.63, 3.8) is 0 Å². The number of aromatic nitrogens is 3. The molecule has 3 aliphatic heterocycles. The third kappa shape index (κ3) is 2.04. The van der Waals surface area contributed by atoms with Crippen LogP contribution < -0.4 is 9.79 Å². The number of aliphatic carboxylic acids is 1. The van der Waals surface area contributed by atoms with Gasteiger partial charge in [0, 0.05) is 10.8 Å². The van der Waals surface area contributed by atoms with Crippen molar-refractivity contribution in [3.05, 3.63) is 23.3 Å². The molecular weight excluding hydrogens is 332 g/mol. The van der Waals surface area contributed by atoms with Crippen LogP contribution in [0.15, 0.2) is 23.3 Å². The van der Waals surface area contributed by atoms with E-state index in [-0.39, 0.29) is 28.8 Å². The average molecular weight is 350 g/mol. The van der Waals surface area contributed by atoms with E-state index in [1.54, 1.807) is 19.6 Å². The summed E-state index contributed by atoms with van der Waals surface area (Å²) < 4.78 is 3.96. The van der Waals surface area contributed by atoms with Gasteiger partial charge >= 0.3 is 6.33 Å². The van der Waals surface area contributed by atoms with Crippen molar-refractivity contribution in [1.82, 2.24) is 14.6 Å². The van der Waals surface area contributed by atoms with Crippen molar-refractivity contribution in [1.29, 1.82) is 0 Å². The highest BCUT2D eigenvalue weighted by Crippen LogP contribution is 2.51. The van der Waals surface area contributed by atoms with Gasteiger partial charge in [-0.15, -0.1) is 11.8 Å². The zero-order valence-corrected chi connectivity index (χ0v) is 14.1. The predicted molar refractivity (Wildman–Crippen MR) is 80.8 cm³/mol. The molecule has 4 rings (SSSR count). The van der Waals surface area contributed by atoms with E-state index in [1.807, 2.05) is 16.3 Å². The van der Waals surface area contributed by atoms with E-state index in [1.165, 1.54) is 16.7 Å². The molecule has 0 radical (unpaired) electrons. The molecule has 1 saturated heterocycles. The number of carboxylic acid groups (broad SMARTS) is 1. The molecule has 1 amide bonds. The molecule has 0 aromatic carbocycles. The topological polar surface area (TPSA) is 102 Å². The summed E-state index contributed by atoms with van der Waals surface area (Å²) >= 11 is 1.50. The van der Waals surface area contributed by atoms with Crippen molar-refractivity contribution in [2.75, 3.05) is 0 Å². The summed E-state index contributed by atoms with van der Waals surface area (Å²) in [7, 11) is 0. The summed E-state index contributed by atoms with van der Waals surface area (Å²) in [6.45, 7) is 4.96. The number of carboxylic acids is 1. The monoisotopic (exact) mass is 350 g/mol. The summed E-state index contributed by atoms with van der Waals surface area (Å²) in [5, 5.41) is 21.7. The molecule has 4 heterocycles. The van der Waals surface area contributed by atoms with Crippen molar-refractivity contribution in [2.45, 2.75) is 44.3 Å². The van der Waals surface area contributed by atoms with Crippen LogP contribution in [-0.4, -0.2) is 48.9 Å². The van der Waals surface area contributed by atoms with Gasteiger partial charge in [-0.1, -0.05) is 6.92 Å². The zero-order valence-electron chi connectivity index (χ0n) is 13.3. The molecule has 8 nitrogen and oxygen atoms in total. The number of fused-ring (bicyclic) bond motifs is 2. The smallest absolute Gasteiger partial charge is 0.306 e. The fourth-order valence-corrected chi connectivity index (χ4v) is 5.48. The van der Waals surface area contributed by atoms with E-state index in [2.05, 4.69) is 4.98 Å². The predicted octanol–water partition coefficient (Wildman–Crippen LogP) is -1.89. The van der Waals surface area contributed by atoms with Crippen molar-refractivity contribution >= 4 is 23.6 Å². The number of thioether (sulfide) groups is 1. The number of β-lactam (4-membered cyclic amide) rings is 1. The molecular formula is C15H18N4O4S. The standard InChI is InChI=1S/C15H18N4O4S/c1-7-11-10(8(2)20)14(21)19(11)12(15(22)23)13(7)24-9-3-17-5-16-6-18(17)4-9/h5-11,20H,3-4H2,1-2H3/t7?,8-,10-,11-/m1/s1. The third-order valence-electron chi connectivity index (χ3n) is 5.11. The van der Waals surface area contributed by atoms with Gasteiger partial charge in [-0.2, -0.15) is 9.36 Å². The van der Waals surface area contributed by atoms with Crippen LogP contribution in [0, 0.1) is 11.8 Å². The lowest BCUT2D eigenvalue weighted by atomic mass is 9.79. The fourth-order valence-electron chi connectivity index (χ4n) is 4.02. The fraction of sp³-hybridized carbons (Fsp3) is 0.600. The maximum Gasteiger partial charge on any atom is 0.306 e. The summed E-state index contributed by atoms with van der Waals surface area (Å²) in [6.07, 6.45) is 2.70. The Morgan fingerprint density at radius 2 is 2.33 bits per heavy atom. The molecule has 0 saturated carbocycles. The largest absolute Gasteiger partial charge is 0.543 e. The lowest BCUT2D eigenvalue weighted by Gasteiger charge is -2.47. The highest BCUT2D eigenvalue weighted by atomic mass is 32.2. The lowest BCUT2D eigenvalue weighted by molar-refractivity contribution is -0.758. The number of nitrogens with zero attached hydrogens (tertiary/aromatic N) is 4.